The summed E-state index contributed by atoms with van der Waals surface area (Å²) >= 11 is 0. The molecule has 3 nitrogen and oxygen atoms in total. The highest BCUT2D eigenvalue weighted by atomic mass is 19.3. The van der Waals surface area contributed by atoms with E-state index in [2.05, 4.69) is 5.32 Å². The van der Waals surface area contributed by atoms with E-state index in [4.69, 9.17) is 5.11 Å². The van der Waals surface area contributed by atoms with Crippen LogP contribution in [0.1, 0.15) is 6.92 Å². The zero-order valence-corrected chi connectivity index (χ0v) is 6.68. The van der Waals surface area contributed by atoms with Crippen LogP contribution in [-0.2, 0) is 4.79 Å². The number of aliphatic hydroxyl groups excluding tert-OH is 1. The molecule has 0 spiro atoms. The maximum atomic E-state index is 12.5. The van der Waals surface area contributed by atoms with Crippen molar-refractivity contribution < 1.29 is 18.7 Å². The lowest BCUT2D eigenvalue weighted by Crippen LogP contribution is -2.29. The van der Waals surface area contributed by atoms with Crippen LogP contribution in [0, 0.1) is 11.8 Å². The van der Waals surface area contributed by atoms with Gasteiger partial charge in [-0.3, -0.25) is 4.79 Å². The first-order valence-corrected chi connectivity index (χ1v) is 3.78. The lowest BCUT2D eigenvalue weighted by molar-refractivity contribution is -0.124. The van der Waals surface area contributed by atoms with Crippen molar-refractivity contribution in [2.24, 2.45) is 11.8 Å². The topological polar surface area (TPSA) is 49.3 Å². The van der Waals surface area contributed by atoms with Crippen LogP contribution >= 0.6 is 0 Å². The minimum Gasteiger partial charge on any atom is -0.395 e. The predicted molar refractivity (Wildman–Crippen MR) is 37.7 cm³/mol. The molecule has 1 aliphatic rings. The third-order valence-corrected chi connectivity index (χ3v) is 2.11. The van der Waals surface area contributed by atoms with Crippen LogP contribution in [0.15, 0.2) is 0 Å². The van der Waals surface area contributed by atoms with E-state index in [1.165, 1.54) is 6.92 Å². The van der Waals surface area contributed by atoms with Crippen molar-refractivity contribution in [2.75, 3.05) is 13.2 Å². The van der Waals surface area contributed by atoms with E-state index in [0.29, 0.717) is 0 Å². The van der Waals surface area contributed by atoms with Gasteiger partial charge in [0.2, 0.25) is 5.91 Å². The predicted octanol–water partition coefficient (Wildman–Crippen LogP) is -0.00390. The van der Waals surface area contributed by atoms with E-state index in [1.54, 1.807) is 0 Å². The number of hydrogen-bond acceptors (Lipinski definition) is 2. The minimum absolute atomic E-state index is 0.0398. The van der Waals surface area contributed by atoms with Gasteiger partial charge in [-0.25, -0.2) is 8.78 Å². The summed E-state index contributed by atoms with van der Waals surface area (Å²) in [6, 6.07) is 0. The molecule has 70 valence electrons. The molecule has 2 unspecified atom stereocenters. The van der Waals surface area contributed by atoms with Crippen LogP contribution in [0.5, 0.6) is 0 Å². The fourth-order valence-electron chi connectivity index (χ4n) is 1.17. The summed E-state index contributed by atoms with van der Waals surface area (Å²) in [4.78, 5) is 10.9. The van der Waals surface area contributed by atoms with E-state index < -0.39 is 23.7 Å². The molecule has 12 heavy (non-hydrogen) atoms. The number of carbonyl (C=O) groups excluding carboxylic acids is 1. The summed E-state index contributed by atoms with van der Waals surface area (Å²) in [5, 5.41) is 10.5. The van der Waals surface area contributed by atoms with Gasteiger partial charge in [0, 0.05) is 12.5 Å². The lowest BCUT2D eigenvalue weighted by Gasteiger charge is -2.00. The summed E-state index contributed by atoms with van der Waals surface area (Å²) in [6.07, 6.45) is 0. The minimum atomic E-state index is -2.85. The fraction of sp³-hybridized carbons (Fsp3) is 0.857. The van der Waals surface area contributed by atoms with Crippen molar-refractivity contribution in [2.45, 2.75) is 12.8 Å². The lowest BCUT2D eigenvalue weighted by atomic mass is 10.3. The van der Waals surface area contributed by atoms with E-state index in [1.807, 2.05) is 0 Å². The third kappa shape index (κ3) is 1.41. The Morgan fingerprint density at radius 2 is 2.17 bits per heavy atom. The Bertz CT molecular complexity index is 196. The van der Waals surface area contributed by atoms with Gasteiger partial charge in [-0.1, -0.05) is 6.92 Å². The molecule has 0 saturated heterocycles. The molecule has 0 bridgehead atoms. The van der Waals surface area contributed by atoms with Crippen LogP contribution < -0.4 is 5.32 Å². The van der Waals surface area contributed by atoms with Gasteiger partial charge in [-0.05, 0) is 0 Å². The number of amides is 1. The Morgan fingerprint density at radius 3 is 2.50 bits per heavy atom. The monoisotopic (exact) mass is 179 g/mol. The van der Waals surface area contributed by atoms with Gasteiger partial charge in [-0.2, -0.15) is 0 Å². The quantitative estimate of drug-likeness (QED) is 0.640. The first-order valence-electron chi connectivity index (χ1n) is 3.78. The molecule has 0 aromatic rings. The SMILES string of the molecule is CC1C(C(=O)NCCO)C1(F)F. The highest BCUT2D eigenvalue weighted by Gasteiger charge is 2.69. The Labute approximate surface area is 68.8 Å². The van der Waals surface area contributed by atoms with Crippen molar-refractivity contribution in [3.63, 3.8) is 0 Å². The van der Waals surface area contributed by atoms with Crippen LogP contribution in [0.25, 0.3) is 0 Å². The molecular weight excluding hydrogens is 168 g/mol. The summed E-state index contributed by atoms with van der Waals surface area (Å²) in [6.45, 7) is 1.15. The van der Waals surface area contributed by atoms with Crippen LogP contribution in [-0.4, -0.2) is 30.1 Å². The molecule has 1 fully saturated rings. The number of alkyl halides is 2. The maximum absolute atomic E-state index is 12.5. The number of nitrogens with one attached hydrogen (secondary N) is 1. The summed E-state index contributed by atoms with van der Waals surface area (Å²) in [5.41, 5.74) is 0. The second-order valence-corrected chi connectivity index (χ2v) is 2.96. The molecular formula is C7H11F2NO2. The van der Waals surface area contributed by atoms with Crippen molar-refractivity contribution in [1.29, 1.82) is 0 Å². The molecule has 2 atom stereocenters. The molecule has 0 aromatic carbocycles. The fourth-order valence-corrected chi connectivity index (χ4v) is 1.17. The molecule has 5 heteroatoms. The molecule has 0 heterocycles. The first kappa shape index (κ1) is 9.38. The number of rotatable bonds is 3. The van der Waals surface area contributed by atoms with Crippen LogP contribution in [0.2, 0.25) is 0 Å². The molecule has 1 saturated carbocycles. The van der Waals surface area contributed by atoms with Crippen molar-refractivity contribution in [1.82, 2.24) is 5.32 Å². The summed E-state index contributed by atoms with van der Waals surface area (Å²) in [7, 11) is 0. The number of carbonyl (C=O) groups is 1. The zero-order chi connectivity index (χ0) is 9.35. The van der Waals surface area contributed by atoms with Crippen molar-refractivity contribution in [3.05, 3.63) is 0 Å². The Balaban J connectivity index is 2.37. The first-order chi connectivity index (χ1) is 5.51. The van der Waals surface area contributed by atoms with Gasteiger partial charge in [0.1, 0.15) is 5.92 Å². The van der Waals surface area contributed by atoms with E-state index >= 15 is 0 Å². The number of halogens is 2. The zero-order valence-electron chi connectivity index (χ0n) is 6.68. The van der Waals surface area contributed by atoms with Gasteiger partial charge in [0.15, 0.2) is 0 Å². The summed E-state index contributed by atoms with van der Waals surface area (Å²) in [5.74, 6) is -5.57. The van der Waals surface area contributed by atoms with E-state index in [0.717, 1.165) is 0 Å². The second kappa shape index (κ2) is 2.97. The maximum Gasteiger partial charge on any atom is 0.263 e. The van der Waals surface area contributed by atoms with Gasteiger partial charge < -0.3 is 10.4 Å². The van der Waals surface area contributed by atoms with Gasteiger partial charge in [0.25, 0.3) is 5.92 Å². The van der Waals surface area contributed by atoms with Gasteiger partial charge in [0.05, 0.1) is 6.61 Å². The van der Waals surface area contributed by atoms with Crippen molar-refractivity contribution >= 4 is 5.91 Å². The van der Waals surface area contributed by atoms with E-state index in [-0.39, 0.29) is 13.2 Å². The highest BCUT2D eigenvalue weighted by molar-refractivity contribution is 5.83. The molecule has 1 aliphatic carbocycles. The Hall–Kier alpha value is -0.710. The van der Waals surface area contributed by atoms with Gasteiger partial charge >= 0.3 is 0 Å². The Morgan fingerprint density at radius 1 is 1.67 bits per heavy atom. The van der Waals surface area contributed by atoms with Crippen LogP contribution in [0.3, 0.4) is 0 Å². The number of hydrogen-bond donors (Lipinski definition) is 2. The molecule has 0 aliphatic heterocycles. The molecule has 2 N–H and O–H groups in total. The normalized spacial score (nSPS) is 31.3. The molecule has 0 radical (unpaired) electrons. The number of aliphatic hydroxyl groups is 1. The summed E-state index contributed by atoms with van der Waals surface area (Å²) < 4.78 is 25.1. The molecule has 1 amide bonds. The molecule has 0 aromatic heterocycles. The Kier molecular flexibility index (Phi) is 2.32. The highest BCUT2D eigenvalue weighted by Crippen LogP contribution is 2.54. The standard InChI is InChI=1S/C7H11F2NO2/c1-4-5(7(4,8)9)6(12)10-2-3-11/h4-5,11H,2-3H2,1H3,(H,10,12). The second-order valence-electron chi connectivity index (χ2n) is 2.96. The molecule has 1 rings (SSSR count). The average molecular weight is 179 g/mol. The average Bonchev–Trinajstić information content (AvgIpc) is 2.47. The van der Waals surface area contributed by atoms with Crippen LogP contribution in [0.4, 0.5) is 8.78 Å². The van der Waals surface area contributed by atoms with Crippen molar-refractivity contribution in [3.8, 4) is 0 Å². The van der Waals surface area contributed by atoms with E-state index in [9.17, 15) is 13.6 Å². The largest absolute Gasteiger partial charge is 0.395 e. The smallest absolute Gasteiger partial charge is 0.263 e. The third-order valence-electron chi connectivity index (χ3n) is 2.11. The van der Waals surface area contributed by atoms with Gasteiger partial charge in [-0.15, -0.1) is 0 Å².